The smallest absolute Gasteiger partial charge is 0.333 e. The van der Waals surface area contributed by atoms with E-state index in [-0.39, 0.29) is 5.97 Å². The summed E-state index contributed by atoms with van der Waals surface area (Å²) >= 11 is 1.73. The molecule has 0 amide bonds. The molecule has 30 heavy (non-hydrogen) atoms. The Hall–Kier alpha value is -2.51. The molecule has 0 atom stereocenters. The number of ether oxygens (including phenoxy) is 1. The van der Waals surface area contributed by atoms with E-state index in [1.165, 1.54) is 11.1 Å². The van der Waals surface area contributed by atoms with Gasteiger partial charge >= 0.3 is 18.1 Å². The molecule has 0 unspecified atom stereocenters. The summed E-state index contributed by atoms with van der Waals surface area (Å²) in [5.41, 5.74) is 3.65. The van der Waals surface area contributed by atoms with Crippen molar-refractivity contribution < 1.29 is 9.53 Å². The molecular weight excluding hydrogens is 390 g/mol. The number of esters is 1. The first-order chi connectivity index (χ1) is 14.3. The van der Waals surface area contributed by atoms with Crippen molar-refractivity contribution in [2.45, 2.75) is 64.7 Å². The van der Waals surface area contributed by atoms with Gasteiger partial charge in [-0.15, -0.1) is 11.8 Å². The minimum Gasteiger partial charge on any atom is -0.457 e. The van der Waals surface area contributed by atoms with Crippen LogP contribution >= 0.6 is 11.8 Å². The lowest BCUT2D eigenvalue weighted by atomic mass is 9.99. The fourth-order valence-corrected chi connectivity index (χ4v) is 3.72. The van der Waals surface area contributed by atoms with Crippen molar-refractivity contribution in [1.82, 2.24) is 4.67 Å². The first-order valence-electron chi connectivity index (χ1n) is 10.4. The van der Waals surface area contributed by atoms with Gasteiger partial charge in [-0.05, 0) is 62.4 Å². The normalized spacial score (nSPS) is 13.7. The highest BCUT2D eigenvalue weighted by molar-refractivity contribution is 8.02. The third kappa shape index (κ3) is 8.88. The van der Waals surface area contributed by atoms with E-state index >= 15 is 0 Å². The van der Waals surface area contributed by atoms with Gasteiger partial charge in [0.25, 0.3) is 0 Å². The van der Waals surface area contributed by atoms with Gasteiger partial charge in [0.05, 0.1) is 5.57 Å². The summed E-state index contributed by atoms with van der Waals surface area (Å²) in [7, 11) is 0. The molecule has 0 aliphatic carbocycles. The maximum Gasteiger partial charge on any atom is 0.333 e. The molecule has 1 aliphatic heterocycles. The van der Waals surface area contributed by atoms with Crippen molar-refractivity contribution in [1.29, 1.82) is 0 Å². The standard InChI is InChI=1S/C26H32NO2S/c1-6-10-21(14-13-20(2)25(28)29-26(3,4)5)15-23-16-24(18-27-17-23)30-19-22-11-8-7-9-12-22/h7-9,11-12,15-17H,2,6,10,13-14,19H2,1,3-5H3/q+1/b21-15-. The summed E-state index contributed by atoms with van der Waals surface area (Å²) in [6, 6.07) is 10.4. The maximum absolute atomic E-state index is 12.2. The van der Waals surface area contributed by atoms with E-state index in [1.54, 1.807) is 11.8 Å². The lowest BCUT2D eigenvalue weighted by molar-refractivity contribution is -0.150. The Morgan fingerprint density at radius 2 is 1.93 bits per heavy atom. The van der Waals surface area contributed by atoms with Crippen LogP contribution in [0.2, 0.25) is 0 Å². The van der Waals surface area contributed by atoms with Gasteiger partial charge in [0.15, 0.2) is 0 Å². The van der Waals surface area contributed by atoms with Crippen LogP contribution in [0.3, 0.4) is 0 Å². The van der Waals surface area contributed by atoms with Crippen molar-refractivity contribution in [3.05, 3.63) is 76.3 Å². The molecule has 0 saturated carbocycles. The third-order valence-corrected chi connectivity index (χ3v) is 5.30. The zero-order valence-corrected chi connectivity index (χ0v) is 19.3. The highest BCUT2D eigenvalue weighted by Gasteiger charge is 2.18. The molecule has 1 aromatic rings. The van der Waals surface area contributed by atoms with Crippen LogP contribution in [0.15, 0.2) is 70.7 Å². The maximum atomic E-state index is 12.2. The molecule has 1 aromatic carbocycles. The Balaban J connectivity index is 1.98. The van der Waals surface area contributed by atoms with E-state index < -0.39 is 5.60 Å². The van der Waals surface area contributed by atoms with E-state index in [4.69, 9.17) is 4.74 Å². The number of benzene rings is 1. The highest BCUT2D eigenvalue weighted by Crippen LogP contribution is 2.24. The molecular formula is C26H32NO2S+. The minimum absolute atomic E-state index is 0.311. The number of hydrogen-bond acceptors (Lipinski definition) is 3. The number of carbonyl (C=O) groups is 1. The number of carbonyl (C=O) groups excluding carboxylic acids is 1. The van der Waals surface area contributed by atoms with Crippen molar-refractivity contribution in [2.75, 3.05) is 0 Å². The Bertz CT molecular complexity index is 920. The molecule has 1 heterocycles. The Labute approximate surface area is 185 Å². The van der Waals surface area contributed by atoms with E-state index in [9.17, 15) is 4.79 Å². The number of hydrogen-bond donors (Lipinski definition) is 0. The molecule has 1 aliphatic rings. The van der Waals surface area contributed by atoms with Gasteiger partial charge < -0.3 is 4.74 Å². The average molecular weight is 423 g/mol. The molecule has 0 aromatic heterocycles. The van der Waals surface area contributed by atoms with Gasteiger partial charge in [0.1, 0.15) is 10.5 Å². The fourth-order valence-electron chi connectivity index (χ4n) is 2.87. The van der Waals surface area contributed by atoms with Crippen LogP contribution in [-0.4, -0.2) is 23.7 Å². The van der Waals surface area contributed by atoms with E-state index in [2.05, 4.69) is 60.5 Å². The lowest BCUT2D eigenvalue weighted by Crippen LogP contribution is -2.24. The van der Waals surface area contributed by atoms with Crippen LogP contribution in [0.4, 0.5) is 0 Å². The summed E-state index contributed by atoms with van der Waals surface area (Å²) in [6.07, 6.45) is 9.56. The molecule has 0 N–H and O–H groups in total. The number of rotatable bonds is 10. The number of nitrogens with zero attached hydrogens (tertiary/aromatic N) is 1. The highest BCUT2D eigenvalue weighted by atomic mass is 32.2. The van der Waals surface area contributed by atoms with Gasteiger partial charge in [0.2, 0.25) is 0 Å². The second-order valence-electron chi connectivity index (χ2n) is 8.31. The zero-order valence-electron chi connectivity index (χ0n) is 18.5. The fraction of sp³-hybridized carbons (Fsp3) is 0.385. The number of allylic oxidation sites excluding steroid dienone is 4. The Morgan fingerprint density at radius 1 is 1.20 bits per heavy atom. The van der Waals surface area contributed by atoms with Crippen molar-refractivity contribution in [3.63, 3.8) is 0 Å². The molecule has 2 rings (SSSR count). The first kappa shape index (κ1) is 23.8. The van der Waals surface area contributed by atoms with E-state index in [0.717, 1.165) is 35.5 Å². The second-order valence-corrected chi connectivity index (χ2v) is 9.33. The molecule has 158 valence electrons. The van der Waals surface area contributed by atoms with Crippen LogP contribution in [0.5, 0.6) is 0 Å². The third-order valence-electron chi connectivity index (χ3n) is 4.30. The predicted octanol–water partition coefficient (Wildman–Crippen LogP) is 5.96. The SMILES string of the molecule is C=C(CC/C(=C\C1=CC(SCc2ccccc2)=C=[N+]=C1)CCC)C(=O)OC(C)(C)C. The van der Waals surface area contributed by atoms with Crippen molar-refractivity contribution in [3.8, 4) is 0 Å². The van der Waals surface area contributed by atoms with E-state index in [1.807, 2.05) is 33.1 Å². The van der Waals surface area contributed by atoms with Crippen LogP contribution < -0.4 is 4.67 Å². The molecule has 0 radical (unpaired) electrons. The quantitative estimate of drug-likeness (QED) is 0.265. The Kier molecular flexibility index (Phi) is 9.20. The summed E-state index contributed by atoms with van der Waals surface area (Å²) in [6.45, 7) is 11.7. The lowest BCUT2D eigenvalue weighted by Gasteiger charge is -2.20. The monoisotopic (exact) mass is 422 g/mol. The van der Waals surface area contributed by atoms with Crippen molar-refractivity contribution >= 4 is 29.8 Å². The molecule has 0 spiro atoms. The predicted molar refractivity (Wildman–Crippen MR) is 130 cm³/mol. The minimum atomic E-state index is -0.498. The summed E-state index contributed by atoms with van der Waals surface area (Å²) in [5.74, 6) is 3.66. The summed E-state index contributed by atoms with van der Waals surface area (Å²) in [5, 5.41) is 0. The summed E-state index contributed by atoms with van der Waals surface area (Å²) in [4.78, 5) is 13.2. The van der Waals surface area contributed by atoms with E-state index in [0.29, 0.717) is 12.0 Å². The topological polar surface area (TPSA) is 40.4 Å². The molecule has 0 saturated heterocycles. The largest absolute Gasteiger partial charge is 0.457 e. The first-order valence-corrected chi connectivity index (χ1v) is 11.4. The van der Waals surface area contributed by atoms with Crippen LogP contribution in [-0.2, 0) is 15.3 Å². The van der Waals surface area contributed by atoms with Gasteiger partial charge in [-0.3, -0.25) is 0 Å². The molecule has 3 nitrogen and oxygen atoms in total. The average Bonchev–Trinajstić information content (AvgIpc) is 2.70. The van der Waals surface area contributed by atoms with Crippen LogP contribution in [0.1, 0.15) is 58.9 Å². The summed E-state index contributed by atoms with van der Waals surface area (Å²) < 4.78 is 9.71. The second kappa shape index (κ2) is 11.6. The molecule has 0 bridgehead atoms. The van der Waals surface area contributed by atoms with Crippen LogP contribution in [0.25, 0.3) is 0 Å². The Morgan fingerprint density at radius 3 is 2.60 bits per heavy atom. The molecule has 0 fully saturated rings. The van der Waals surface area contributed by atoms with Gasteiger partial charge in [-0.25, -0.2) is 4.79 Å². The van der Waals surface area contributed by atoms with Gasteiger partial charge in [-0.1, -0.05) is 55.8 Å². The van der Waals surface area contributed by atoms with Crippen LogP contribution in [0, 0.1) is 0 Å². The number of thioether (sulfide) groups is 1. The van der Waals surface area contributed by atoms with Crippen molar-refractivity contribution in [2.24, 2.45) is 0 Å². The van der Waals surface area contributed by atoms with Gasteiger partial charge in [-0.2, -0.15) is 0 Å². The zero-order chi connectivity index (χ0) is 22.0. The van der Waals surface area contributed by atoms with Gasteiger partial charge in [0, 0.05) is 11.3 Å². The molecule has 4 heteroatoms.